The lowest BCUT2D eigenvalue weighted by Crippen LogP contribution is -2.46. The Morgan fingerprint density at radius 3 is 2.74 bits per heavy atom. The van der Waals surface area contributed by atoms with Gasteiger partial charge in [-0.1, -0.05) is 41.7 Å². The van der Waals surface area contributed by atoms with Gasteiger partial charge in [-0.2, -0.15) is 4.98 Å². The van der Waals surface area contributed by atoms with E-state index < -0.39 is 0 Å². The second-order valence-corrected chi connectivity index (χ2v) is 8.53. The first kappa shape index (κ1) is 24.3. The van der Waals surface area contributed by atoms with Gasteiger partial charge in [0.25, 0.3) is 0 Å². The summed E-state index contributed by atoms with van der Waals surface area (Å²) in [4.78, 5) is 11.1. The Morgan fingerprint density at radius 2 is 2.03 bits per heavy atom. The Kier molecular flexibility index (Phi) is 9.40. The minimum atomic E-state index is 0. The molecular formula is C22H31ClIN5O2. The van der Waals surface area contributed by atoms with Crippen molar-refractivity contribution in [2.24, 2.45) is 10.9 Å². The number of benzene rings is 1. The van der Waals surface area contributed by atoms with Crippen molar-refractivity contribution in [1.82, 2.24) is 20.4 Å². The van der Waals surface area contributed by atoms with E-state index in [-0.39, 0.29) is 24.0 Å². The van der Waals surface area contributed by atoms with Crippen LogP contribution in [0.2, 0.25) is 5.02 Å². The molecule has 1 saturated carbocycles. The van der Waals surface area contributed by atoms with E-state index >= 15 is 0 Å². The van der Waals surface area contributed by atoms with Gasteiger partial charge in [-0.25, -0.2) is 0 Å². The Balaban J connectivity index is 0.00000272. The number of hydrogen-bond acceptors (Lipinski definition) is 5. The van der Waals surface area contributed by atoms with E-state index in [4.69, 9.17) is 20.9 Å². The summed E-state index contributed by atoms with van der Waals surface area (Å²) in [5.41, 5.74) is 0.835. The number of ether oxygens (including phenoxy) is 1. The van der Waals surface area contributed by atoms with Crippen LogP contribution < -0.4 is 5.32 Å². The number of aromatic nitrogens is 2. The zero-order chi connectivity index (χ0) is 20.8. The maximum absolute atomic E-state index is 6.18. The lowest BCUT2D eigenvalue weighted by Gasteiger charge is -2.34. The molecule has 31 heavy (non-hydrogen) atoms. The molecule has 0 bridgehead atoms. The van der Waals surface area contributed by atoms with Crippen LogP contribution in [0.15, 0.2) is 33.8 Å². The predicted octanol–water partition coefficient (Wildman–Crippen LogP) is 4.75. The van der Waals surface area contributed by atoms with Gasteiger partial charge in [0.2, 0.25) is 11.7 Å². The van der Waals surface area contributed by atoms with Crippen molar-refractivity contribution < 1.29 is 9.26 Å². The van der Waals surface area contributed by atoms with Crippen LogP contribution in [0.3, 0.4) is 0 Å². The molecule has 0 amide bonds. The summed E-state index contributed by atoms with van der Waals surface area (Å²) in [7, 11) is 1.80. The highest BCUT2D eigenvalue weighted by molar-refractivity contribution is 14.0. The van der Waals surface area contributed by atoms with E-state index in [1.54, 1.807) is 7.05 Å². The number of rotatable bonds is 6. The minimum absolute atomic E-state index is 0. The highest BCUT2D eigenvalue weighted by Crippen LogP contribution is 2.26. The smallest absolute Gasteiger partial charge is 0.246 e. The second-order valence-electron chi connectivity index (χ2n) is 8.09. The molecule has 1 N–H and O–H groups in total. The molecular weight excluding hydrogens is 529 g/mol. The number of nitrogens with zero attached hydrogens (tertiary/aromatic N) is 4. The number of likely N-dealkylation sites (tertiary alicyclic amines) is 1. The zero-order valence-electron chi connectivity index (χ0n) is 17.9. The Morgan fingerprint density at radius 1 is 1.26 bits per heavy atom. The molecule has 170 valence electrons. The average molecular weight is 560 g/mol. The van der Waals surface area contributed by atoms with E-state index in [1.165, 1.54) is 25.7 Å². The third-order valence-electron chi connectivity index (χ3n) is 5.94. The van der Waals surface area contributed by atoms with Gasteiger partial charge in [0.1, 0.15) is 0 Å². The molecule has 4 rings (SSSR count). The summed E-state index contributed by atoms with van der Waals surface area (Å²) in [5, 5.41) is 8.03. The standard InChI is InChI=1S/C22H30ClN5O2.HI/c1-24-22(28-11-9-19(10-12-28)29-15-16-5-2-3-6-16)25-14-20-26-21(27-30-20)17-7-4-8-18(23)13-17;/h4,7-8,13,16,19H,2-3,5-6,9-12,14-15H2,1H3,(H,24,25);1H. The second kappa shape index (κ2) is 12.0. The molecule has 2 aromatic rings. The van der Waals surface area contributed by atoms with Crippen LogP contribution in [0.5, 0.6) is 0 Å². The van der Waals surface area contributed by atoms with Crippen LogP contribution in [0.4, 0.5) is 0 Å². The van der Waals surface area contributed by atoms with Crippen molar-refractivity contribution in [3.8, 4) is 11.4 Å². The number of halogens is 2. The van der Waals surface area contributed by atoms with Gasteiger partial charge in [-0.3, -0.25) is 4.99 Å². The monoisotopic (exact) mass is 559 g/mol. The predicted molar refractivity (Wildman–Crippen MR) is 133 cm³/mol. The van der Waals surface area contributed by atoms with Crippen molar-refractivity contribution in [2.75, 3.05) is 26.7 Å². The van der Waals surface area contributed by atoms with Gasteiger partial charge < -0.3 is 19.5 Å². The van der Waals surface area contributed by atoms with Crippen LogP contribution in [-0.4, -0.2) is 53.8 Å². The SMILES string of the molecule is CN=C(NCc1nc(-c2cccc(Cl)c2)no1)N1CCC(OCC2CCCC2)CC1.I. The number of aliphatic imine (C=N–C) groups is 1. The van der Waals surface area contributed by atoms with Crippen LogP contribution in [0.25, 0.3) is 11.4 Å². The van der Waals surface area contributed by atoms with Gasteiger partial charge in [0, 0.05) is 37.3 Å². The molecule has 1 aromatic heterocycles. The topological polar surface area (TPSA) is 75.8 Å². The fraction of sp³-hybridized carbons (Fsp3) is 0.591. The molecule has 0 radical (unpaired) electrons. The molecule has 1 aliphatic heterocycles. The molecule has 7 nitrogen and oxygen atoms in total. The van der Waals surface area contributed by atoms with Gasteiger partial charge >= 0.3 is 0 Å². The highest BCUT2D eigenvalue weighted by Gasteiger charge is 2.24. The van der Waals surface area contributed by atoms with Crippen LogP contribution >= 0.6 is 35.6 Å². The molecule has 1 aliphatic carbocycles. The van der Waals surface area contributed by atoms with Crippen LogP contribution in [0.1, 0.15) is 44.4 Å². The van der Waals surface area contributed by atoms with Gasteiger partial charge in [0.15, 0.2) is 5.96 Å². The van der Waals surface area contributed by atoms with Crippen molar-refractivity contribution in [3.05, 3.63) is 35.2 Å². The fourth-order valence-corrected chi connectivity index (χ4v) is 4.43. The number of hydrogen-bond donors (Lipinski definition) is 1. The van der Waals surface area contributed by atoms with Gasteiger partial charge in [-0.05, 0) is 43.7 Å². The van der Waals surface area contributed by atoms with Crippen LogP contribution in [0, 0.1) is 5.92 Å². The fourth-order valence-electron chi connectivity index (χ4n) is 4.24. The summed E-state index contributed by atoms with van der Waals surface area (Å²) in [6.07, 6.45) is 7.86. The Labute approximate surface area is 206 Å². The van der Waals surface area contributed by atoms with E-state index in [1.807, 2.05) is 24.3 Å². The van der Waals surface area contributed by atoms with Crippen molar-refractivity contribution in [1.29, 1.82) is 0 Å². The maximum Gasteiger partial charge on any atom is 0.246 e. The molecule has 0 atom stereocenters. The van der Waals surface area contributed by atoms with E-state index in [0.29, 0.717) is 29.4 Å². The van der Waals surface area contributed by atoms with Crippen molar-refractivity contribution in [2.45, 2.75) is 51.2 Å². The van der Waals surface area contributed by atoms with E-state index in [2.05, 4.69) is 25.3 Å². The third-order valence-corrected chi connectivity index (χ3v) is 6.18. The zero-order valence-corrected chi connectivity index (χ0v) is 21.0. The summed E-state index contributed by atoms with van der Waals surface area (Å²) in [6.45, 7) is 3.24. The molecule has 1 aromatic carbocycles. The lowest BCUT2D eigenvalue weighted by atomic mass is 10.1. The summed E-state index contributed by atoms with van der Waals surface area (Å²) in [5.74, 6) is 2.68. The number of piperidine rings is 1. The first-order valence-electron chi connectivity index (χ1n) is 10.9. The molecule has 2 fully saturated rings. The average Bonchev–Trinajstić information content (AvgIpc) is 3.46. The van der Waals surface area contributed by atoms with Crippen molar-refractivity contribution >= 4 is 41.5 Å². The summed E-state index contributed by atoms with van der Waals surface area (Å²) < 4.78 is 11.6. The minimum Gasteiger partial charge on any atom is -0.378 e. The van der Waals surface area contributed by atoms with Gasteiger partial charge in [-0.15, -0.1) is 24.0 Å². The van der Waals surface area contributed by atoms with Crippen LogP contribution in [-0.2, 0) is 11.3 Å². The molecule has 9 heteroatoms. The lowest BCUT2D eigenvalue weighted by molar-refractivity contribution is 0.000989. The summed E-state index contributed by atoms with van der Waals surface area (Å²) in [6, 6.07) is 7.42. The van der Waals surface area contributed by atoms with Gasteiger partial charge in [0.05, 0.1) is 12.6 Å². The van der Waals surface area contributed by atoms with Crippen molar-refractivity contribution in [3.63, 3.8) is 0 Å². The molecule has 2 heterocycles. The van der Waals surface area contributed by atoms with E-state index in [0.717, 1.165) is 50.0 Å². The summed E-state index contributed by atoms with van der Waals surface area (Å²) >= 11 is 6.04. The normalized spacial score (nSPS) is 18.3. The third kappa shape index (κ3) is 6.79. The Bertz CT molecular complexity index is 848. The highest BCUT2D eigenvalue weighted by atomic mass is 127. The Hall–Kier alpha value is -1.39. The molecule has 0 spiro atoms. The number of guanidine groups is 1. The molecule has 1 saturated heterocycles. The molecule has 2 aliphatic rings. The maximum atomic E-state index is 6.18. The number of nitrogens with one attached hydrogen (secondary N) is 1. The van der Waals surface area contributed by atoms with E-state index in [9.17, 15) is 0 Å². The molecule has 0 unspecified atom stereocenters. The largest absolute Gasteiger partial charge is 0.378 e. The first-order chi connectivity index (χ1) is 14.7. The first-order valence-corrected chi connectivity index (χ1v) is 11.2. The quantitative estimate of drug-likeness (QED) is 0.313.